The largest absolute Gasteiger partial charge is 0.398 e. The van der Waals surface area contributed by atoms with Crippen molar-refractivity contribution in [2.75, 3.05) is 5.73 Å². The first-order valence-electron chi connectivity index (χ1n) is 8.10. The molecule has 0 radical (unpaired) electrons. The zero-order chi connectivity index (χ0) is 15.5. The number of nitrogens with two attached hydrogens (primary N) is 1. The Balaban J connectivity index is 2.10. The normalized spacial score (nSPS) is 18.7. The molecule has 1 amide bonds. The van der Waals surface area contributed by atoms with Gasteiger partial charge in [-0.05, 0) is 43.7 Å². The van der Waals surface area contributed by atoms with E-state index >= 15 is 0 Å². The fourth-order valence-corrected chi connectivity index (χ4v) is 3.69. The van der Waals surface area contributed by atoms with E-state index in [1.807, 2.05) is 31.2 Å². The first kappa shape index (κ1) is 15.9. The van der Waals surface area contributed by atoms with Crippen LogP contribution in [-0.4, -0.2) is 5.91 Å². The van der Waals surface area contributed by atoms with E-state index in [-0.39, 0.29) is 17.4 Å². The zero-order valence-corrected chi connectivity index (χ0v) is 13.5. The van der Waals surface area contributed by atoms with Gasteiger partial charge >= 0.3 is 0 Å². The van der Waals surface area contributed by atoms with Gasteiger partial charge in [0.05, 0.1) is 6.04 Å². The SMILES string of the molecule is CC(C)CC1(C(=O)NC(C)c2ccccc2N)CCCC1. The van der Waals surface area contributed by atoms with Crippen molar-refractivity contribution < 1.29 is 4.79 Å². The van der Waals surface area contributed by atoms with Crippen molar-refractivity contribution in [2.45, 2.75) is 58.9 Å². The molecule has 1 atom stereocenters. The summed E-state index contributed by atoms with van der Waals surface area (Å²) in [4.78, 5) is 12.8. The van der Waals surface area contributed by atoms with E-state index in [0.29, 0.717) is 5.92 Å². The molecule has 1 aromatic carbocycles. The monoisotopic (exact) mass is 288 g/mol. The number of hydrogen-bond acceptors (Lipinski definition) is 2. The van der Waals surface area contributed by atoms with E-state index in [9.17, 15) is 4.79 Å². The minimum atomic E-state index is -0.161. The number of carbonyl (C=O) groups excluding carboxylic acids is 1. The second kappa shape index (κ2) is 6.50. The quantitative estimate of drug-likeness (QED) is 0.803. The molecule has 1 aliphatic rings. The number of rotatable bonds is 5. The maximum absolute atomic E-state index is 12.8. The number of nitrogen functional groups attached to an aromatic ring is 1. The lowest BCUT2D eigenvalue weighted by Crippen LogP contribution is -2.41. The highest BCUT2D eigenvalue weighted by Gasteiger charge is 2.41. The third-order valence-corrected chi connectivity index (χ3v) is 4.65. The molecule has 0 bridgehead atoms. The van der Waals surface area contributed by atoms with Gasteiger partial charge in [-0.1, -0.05) is 44.9 Å². The molecule has 0 aliphatic heterocycles. The molecule has 0 spiro atoms. The van der Waals surface area contributed by atoms with Crippen LogP contribution in [0.25, 0.3) is 0 Å². The van der Waals surface area contributed by atoms with Crippen LogP contribution in [0.4, 0.5) is 5.69 Å². The molecule has 0 saturated heterocycles. The number of carbonyl (C=O) groups is 1. The Bertz CT molecular complexity index is 490. The van der Waals surface area contributed by atoms with Gasteiger partial charge in [-0.15, -0.1) is 0 Å². The minimum absolute atomic E-state index is 0.0386. The lowest BCUT2D eigenvalue weighted by atomic mass is 9.77. The Morgan fingerprint density at radius 1 is 1.24 bits per heavy atom. The topological polar surface area (TPSA) is 55.1 Å². The molecule has 1 aliphatic carbocycles. The molecule has 3 heteroatoms. The smallest absolute Gasteiger partial charge is 0.226 e. The number of benzene rings is 1. The number of para-hydroxylation sites is 1. The van der Waals surface area contributed by atoms with Gasteiger partial charge in [0, 0.05) is 11.1 Å². The number of hydrogen-bond donors (Lipinski definition) is 2. The van der Waals surface area contributed by atoms with E-state index in [1.165, 1.54) is 12.8 Å². The third kappa shape index (κ3) is 3.58. The maximum Gasteiger partial charge on any atom is 0.226 e. The molecular weight excluding hydrogens is 260 g/mol. The van der Waals surface area contributed by atoms with Crippen LogP contribution >= 0.6 is 0 Å². The Morgan fingerprint density at radius 2 is 1.86 bits per heavy atom. The Kier molecular flexibility index (Phi) is 4.92. The Hall–Kier alpha value is -1.51. The number of amides is 1. The summed E-state index contributed by atoms with van der Waals surface area (Å²) in [6.07, 6.45) is 5.36. The first-order chi connectivity index (χ1) is 9.94. The lowest BCUT2D eigenvalue weighted by molar-refractivity contribution is -0.132. The molecule has 0 aromatic heterocycles. The molecular formula is C18H28N2O. The summed E-state index contributed by atoms with van der Waals surface area (Å²) in [5.74, 6) is 0.760. The summed E-state index contributed by atoms with van der Waals surface area (Å²) in [5.41, 5.74) is 7.60. The van der Waals surface area contributed by atoms with E-state index in [2.05, 4.69) is 19.2 Å². The molecule has 1 aromatic rings. The molecule has 1 saturated carbocycles. The van der Waals surface area contributed by atoms with Gasteiger partial charge in [0.25, 0.3) is 0 Å². The fraction of sp³-hybridized carbons (Fsp3) is 0.611. The third-order valence-electron chi connectivity index (χ3n) is 4.65. The van der Waals surface area contributed by atoms with Crippen molar-refractivity contribution in [1.82, 2.24) is 5.32 Å². The fourth-order valence-electron chi connectivity index (χ4n) is 3.69. The summed E-state index contributed by atoms with van der Waals surface area (Å²) in [5, 5.41) is 3.21. The van der Waals surface area contributed by atoms with E-state index in [4.69, 9.17) is 5.73 Å². The highest BCUT2D eigenvalue weighted by Crippen LogP contribution is 2.43. The molecule has 1 unspecified atom stereocenters. The van der Waals surface area contributed by atoms with Gasteiger partial charge in [0.1, 0.15) is 0 Å². The van der Waals surface area contributed by atoms with Crippen molar-refractivity contribution in [3.8, 4) is 0 Å². The van der Waals surface area contributed by atoms with Crippen LogP contribution in [0.3, 0.4) is 0 Å². The molecule has 3 N–H and O–H groups in total. The number of anilines is 1. The van der Waals surface area contributed by atoms with Crippen LogP contribution in [-0.2, 0) is 4.79 Å². The van der Waals surface area contributed by atoms with Crippen LogP contribution in [0.2, 0.25) is 0 Å². The summed E-state index contributed by atoms with van der Waals surface area (Å²) >= 11 is 0. The average Bonchev–Trinajstić information content (AvgIpc) is 2.88. The lowest BCUT2D eigenvalue weighted by Gasteiger charge is -2.31. The second-order valence-electron chi connectivity index (χ2n) is 6.91. The molecule has 21 heavy (non-hydrogen) atoms. The average molecular weight is 288 g/mol. The van der Waals surface area contributed by atoms with Gasteiger partial charge in [-0.2, -0.15) is 0 Å². The van der Waals surface area contributed by atoms with E-state index < -0.39 is 0 Å². The van der Waals surface area contributed by atoms with Crippen molar-refractivity contribution >= 4 is 11.6 Å². The molecule has 1 fully saturated rings. The van der Waals surface area contributed by atoms with Crippen LogP contribution < -0.4 is 11.1 Å². The van der Waals surface area contributed by atoms with Crippen molar-refractivity contribution in [3.63, 3.8) is 0 Å². The maximum atomic E-state index is 12.8. The van der Waals surface area contributed by atoms with Crippen LogP contribution in [0.1, 0.15) is 64.5 Å². The highest BCUT2D eigenvalue weighted by molar-refractivity contribution is 5.83. The predicted octanol–water partition coefficient (Wildman–Crippen LogP) is 4.05. The van der Waals surface area contributed by atoms with Crippen molar-refractivity contribution in [1.29, 1.82) is 0 Å². The van der Waals surface area contributed by atoms with Crippen molar-refractivity contribution in [2.24, 2.45) is 11.3 Å². The summed E-state index contributed by atoms with van der Waals surface area (Å²) in [6.45, 7) is 6.42. The van der Waals surface area contributed by atoms with E-state index in [0.717, 1.165) is 30.5 Å². The summed E-state index contributed by atoms with van der Waals surface area (Å²) in [6, 6.07) is 7.73. The van der Waals surface area contributed by atoms with Crippen molar-refractivity contribution in [3.05, 3.63) is 29.8 Å². The summed E-state index contributed by atoms with van der Waals surface area (Å²) < 4.78 is 0. The standard InChI is InChI=1S/C18H28N2O/c1-13(2)12-18(10-6-7-11-18)17(21)20-14(3)15-8-4-5-9-16(15)19/h4-5,8-9,13-14H,6-7,10-12,19H2,1-3H3,(H,20,21). The summed E-state index contributed by atoms with van der Waals surface area (Å²) in [7, 11) is 0. The van der Waals surface area contributed by atoms with Gasteiger partial charge in [0.2, 0.25) is 5.91 Å². The van der Waals surface area contributed by atoms with Gasteiger partial charge in [0.15, 0.2) is 0 Å². The van der Waals surface area contributed by atoms with Gasteiger partial charge in [-0.3, -0.25) is 4.79 Å². The predicted molar refractivity (Wildman–Crippen MR) is 87.8 cm³/mol. The molecule has 2 rings (SSSR count). The molecule has 0 heterocycles. The number of nitrogens with one attached hydrogen (secondary N) is 1. The van der Waals surface area contributed by atoms with Gasteiger partial charge < -0.3 is 11.1 Å². The van der Waals surface area contributed by atoms with Gasteiger partial charge in [-0.25, -0.2) is 0 Å². The van der Waals surface area contributed by atoms with E-state index in [1.54, 1.807) is 0 Å². The minimum Gasteiger partial charge on any atom is -0.398 e. The highest BCUT2D eigenvalue weighted by atomic mass is 16.2. The zero-order valence-electron chi connectivity index (χ0n) is 13.5. The Morgan fingerprint density at radius 3 is 2.43 bits per heavy atom. The van der Waals surface area contributed by atoms with Crippen LogP contribution in [0.15, 0.2) is 24.3 Å². The molecule has 3 nitrogen and oxygen atoms in total. The second-order valence-corrected chi connectivity index (χ2v) is 6.91. The van der Waals surface area contributed by atoms with Crippen LogP contribution in [0, 0.1) is 11.3 Å². The Labute approximate surface area is 128 Å². The first-order valence-corrected chi connectivity index (χ1v) is 8.10. The molecule has 116 valence electrons. The van der Waals surface area contributed by atoms with Crippen LogP contribution in [0.5, 0.6) is 0 Å².